The number of halogens is 1. The lowest BCUT2D eigenvalue weighted by molar-refractivity contribution is -0.116. The summed E-state index contributed by atoms with van der Waals surface area (Å²) in [6.07, 6.45) is 1.83. The van der Waals surface area contributed by atoms with Crippen LogP contribution in [0.4, 0.5) is 5.69 Å². The molecule has 3 rings (SSSR count). The van der Waals surface area contributed by atoms with E-state index in [0.717, 1.165) is 16.9 Å². The second kappa shape index (κ2) is 7.40. The number of ether oxygens (including phenoxy) is 1. The molecule has 25 heavy (non-hydrogen) atoms. The largest absolute Gasteiger partial charge is 0.472 e. The molecule has 0 saturated heterocycles. The van der Waals surface area contributed by atoms with E-state index in [2.05, 4.69) is 5.10 Å². The minimum Gasteiger partial charge on any atom is -0.472 e. The molecule has 128 valence electrons. The first-order valence-electron chi connectivity index (χ1n) is 7.81. The fraction of sp³-hybridized carbons (Fsp3) is 0.158. The van der Waals surface area contributed by atoms with Crippen LogP contribution in [0, 0.1) is 0 Å². The van der Waals surface area contributed by atoms with Gasteiger partial charge in [0.2, 0.25) is 11.8 Å². The van der Waals surface area contributed by atoms with Crippen molar-refractivity contribution in [2.45, 2.75) is 13.5 Å². The van der Waals surface area contributed by atoms with Crippen LogP contribution in [-0.4, -0.2) is 22.7 Å². The van der Waals surface area contributed by atoms with E-state index >= 15 is 0 Å². The van der Waals surface area contributed by atoms with Gasteiger partial charge in [-0.25, -0.2) is 4.68 Å². The van der Waals surface area contributed by atoms with Gasteiger partial charge in [0, 0.05) is 42.5 Å². The van der Waals surface area contributed by atoms with Crippen molar-refractivity contribution in [1.29, 1.82) is 0 Å². The Bertz CT molecular complexity index is 874. The Kier molecular flexibility index (Phi) is 5.05. The summed E-state index contributed by atoms with van der Waals surface area (Å²) >= 11 is 5.90. The number of carbonyl (C=O) groups is 1. The van der Waals surface area contributed by atoms with Gasteiger partial charge < -0.3 is 9.64 Å². The number of hydrogen-bond donors (Lipinski definition) is 0. The van der Waals surface area contributed by atoms with Crippen molar-refractivity contribution in [2.24, 2.45) is 0 Å². The van der Waals surface area contributed by atoms with Gasteiger partial charge in [0.1, 0.15) is 6.61 Å². The third kappa shape index (κ3) is 4.00. The number of anilines is 1. The standard InChI is InChI=1S/C19H18ClN3O2/c1-14(24)22(2)18-6-4-3-5-15(18)13-25-19-11-12-23(21-19)17-9-7-16(20)8-10-17/h3-12H,13H2,1-2H3. The zero-order valence-electron chi connectivity index (χ0n) is 14.0. The van der Waals surface area contributed by atoms with Crippen molar-refractivity contribution in [3.63, 3.8) is 0 Å². The molecular formula is C19H18ClN3O2. The third-order valence-corrected chi connectivity index (χ3v) is 4.11. The van der Waals surface area contributed by atoms with Crippen molar-refractivity contribution >= 4 is 23.2 Å². The first-order chi connectivity index (χ1) is 12.0. The Morgan fingerprint density at radius 3 is 2.60 bits per heavy atom. The summed E-state index contributed by atoms with van der Waals surface area (Å²) in [5.74, 6) is 0.481. The van der Waals surface area contributed by atoms with Crippen LogP contribution in [0.5, 0.6) is 5.88 Å². The van der Waals surface area contributed by atoms with Gasteiger partial charge in [-0.2, -0.15) is 0 Å². The van der Waals surface area contributed by atoms with Crippen LogP contribution >= 0.6 is 11.6 Å². The smallest absolute Gasteiger partial charge is 0.233 e. The maximum absolute atomic E-state index is 11.6. The Morgan fingerprint density at radius 2 is 1.88 bits per heavy atom. The Labute approximate surface area is 151 Å². The molecule has 0 aliphatic carbocycles. The Balaban J connectivity index is 1.73. The first kappa shape index (κ1) is 17.0. The van der Waals surface area contributed by atoms with E-state index < -0.39 is 0 Å². The Morgan fingerprint density at radius 1 is 1.16 bits per heavy atom. The third-order valence-electron chi connectivity index (χ3n) is 3.86. The van der Waals surface area contributed by atoms with E-state index in [9.17, 15) is 4.79 Å². The van der Waals surface area contributed by atoms with E-state index in [0.29, 0.717) is 17.5 Å². The average Bonchev–Trinajstić information content (AvgIpc) is 3.09. The Hall–Kier alpha value is -2.79. The molecule has 0 fully saturated rings. The average molecular weight is 356 g/mol. The van der Waals surface area contributed by atoms with Crippen molar-refractivity contribution in [2.75, 3.05) is 11.9 Å². The number of hydrogen-bond acceptors (Lipinski definition) is 3. The molecule has 1 heterocycles. The fourth-order valence-corrected chi connectivity index (χ4v) is 2.53. The molecule has 1 amide bonds. The number of carbonyl (C=O) groups excluding carboxylic acids is 1. The highest BCUT2D eigenvalue weighted by atomic mass is 35.5. The van der Waals surface area contributed by atoms with Crippen molar-refractivity contribution in [3.05, 3.63) is 71.4 Å². The predicted octanol–water partition coefficient (Wildman–Crippen LogP) is 4.09. The zero-order chi connectivity index (χ0) is 17.8. The van der Waals surface area contributed by atoms with E-state index in [1.165, 1.54) is 6.92 Å². The molecular weight excluding hydrogens is 338 g/mol. The van der Waals surface area contributed by atoms with Gasteiger partial charge in [0.25, 0.3) is 0 Å². The quantitative estimate of drug-likeness (QED) is 0.692. The summed E-state index contributed by atoms with van der Waals surface area (Å²) in [6, 6.07) is 16.8. The van der Waals surface area contributed by atoms with Gasteiger partial charge in [-0.05, 0) is 30.3 Å². The van der Waals surface area contributed by atoms with Crippen LogP contribution in [0.1, 0.15) is 12.5 Å². The number of rotatable bonds is 5. The molecule has 3 aromatic rings. The summed E-state index contributed by atoms with van der Waals surface area (Å²) in [7, 11) is 1.75. The lowest BCUT2D eigenvalue weighted by atomic mass is 10.1. The number of amides is 1. The first-order valence-corrected chi connectivity index (χ1v) is 8.19. The van der Waals surface area contributed by atoms with Crippen LogP contribution in [0.2, 0.25) is 5.02 Å². The van der Waals surface area contributed by atoms with Crippen LogP contribution in [0.15, 0.2) is 60.8 Å². The minimum atomic E-state index is -0.0283. The van der Waals surface area contributed by atoms with Crippen LogP contribution in [-0.2, 0) is 11.4 Å². The highest BCUT2D eigenvalue weighted by Gasteiger charge is 2.11. The van der Waals surface area contributed by atoms with Gasteiger partial charge in [-0.1, -0.05) is 29.8 Å². The monoisotopic (exact) mass is 355 g/mol. The second-order valence-electron chi connectivity index (χ2n) is 5.57. The van der Waals surface area contributed by atoms with E-state index in [1.807, 2.05) is 54.7 Å². The minimum absolute atomic E-state index is 0.0283. The summed E-state index contributed by atoms with van der Waals surface area (Å²) in [5, 5.41) is 5.08. The van der Waals surface area contributed by atoms with Crippen LogP contribution in [0.3, 0.4) is 0 Å². The van der Waals surface area contributed by atoms with Gasteiger partial charge in [0.15, 0.2) is 0 Å². The van der Waals surface area contributed by atoms with Crippen LogP contribution in [0.25, 0.3) is 5.69 Å². The molecule has 0 aliphatic rings. The SMILES string of the molecule is CC(=O)N(C)c1ccccc1COc1ccn(-c2ccc(Cl)cc2)n1. The second-order valence-corrected chi connectivity index (χ2v) is 6.01. The summed E-state index contributed by atoms with van der Waals surface area (Å²) in [5.41, 5.74) is 2.64. The molecule has 0 atom stereocenters. The van der Waals surface area contributed by atoms with Crippen molar-refractivity contribution in [3.8, 4) is 11.6 Å². The zero-order valence-corrected chi connectivity index (χ0v) is 14.8. The lowest BCUT2D eigenvalue weighted by Gasteiger charge is -2.18. The molecule has 0 N–H and O–H groups in total. The van der Waals surface area contributed by atoms with Gasteiger partial charge >= 0.3 is 0 Å². The highest BCUT2D eigenvalue weighted by molar-refractivity contribution is 6.30. The molecule has 5 nitrogen and oxygen atoms in total. The normalized spacial score (nSPS) is 10.5. The molecule has 0 bridgehead atoms. The number of nitrogens with zero attached hydrogens (tertiary/aromatic N) is 3. The summed E-state index contributed by atoms with van der Waals surface area (Å²) < 4.78 is 7.51. The number of para-hydroxylation sites is 1. The van der Waals surface area contributed by atoms with Crippen LogP contribution < -0.4 is 9.64 Å². The molecule has 0 unspecified atom stereocenters. The summed E-state index contributed by atoms with van der Waals surface area (Å²) in [4.78, 5) is 13.2. The lowest BCUT2D eigenvalue weighted by Crippen LogP contribution is -2.24. The van der Waals surface area contributed by atoms with Crippen molar-refractivity contribution in [1.82, 2.24) is 9.78 Å². The maximum Gasteiger partial charge on any atom is 0.233 e. The topological polar surface area (TPSA) is 47.4 Å². The summed E-state index contributed by atoms with van der Waals surface area (Å²) in [6.45, 7) is 1.86. The molecule has 6 heteroatoms. The number of aromatic nitrogens is 2. The molecule has 1 aromatic heterocycles. The van der Waals surface area contributed by atoms with E-state index in [-0.39, 0.29) is 5.91 Å². The van der Waals surface area contributed by atoms with E-state index in [1.54, 1.807) is 22.7 Å². The van der Waals surface area contributed by atoms with Gasteiger partial charge in [-0.3, -0.25) is 4.79 Å². The maximum atomic E-state index is 11.6. The van der Waals surface area contributed by atoms with Gasteiger partial charge in [0.05, 0.1) is 5.69 Å². The molecule has 0 saturated carbocycles. The molecule has 0 aliphatic heterocycles. The van der Waals surface area contributed by atoms with E-state index in [4.69, 9.17) is 16.3 Å². The fourth-order valence-electron chi connectivity index (χ4n) is 2.40. The van der Waals surface area contributed by atoms with Crippen molar-refractivity contribution < 1.29 is 9.53 Å². The molecule has 0 radical (unpaired) electrons. The van der Waals surface area contributed by atoms with Gasteiger partial charge in [-0.15, -0.1) is 5.10 Å². The highest BCUT2D eigenvalue weighted by Crippen LogP contribution is 2.22. The number of benzene rings is 2. The molecule has 0 spiro atoms. The molecule has 2 aromatic carbocycles. The predicted molar refractivity (Wildman–Crippen MR) is 98.4 cm³/mol.